The van der Waals surface area contributed by atoms with Gasteiger partial charge >= 0.3 is 0 Å². The van der Waals surface area contributed by atoms with Crippen LogP contribution in [0.1, 0.15) is 13.3 Å². The Hall–Kier alpha value is -3.29. The summed E-state index contributed by atoms with van der Waals surface area (Å²) in [7, 11) is 3.19. The fourth-order valence-corrected chi connectivity index (χ4v) is 3.35. The van der Waals surface area contributed by atoms with Crippen LogP contribution in [0.15, 0.2) is 36.7 Å². The van der Waals surface area contributed by atoms with E-state index < -0.39 is 0 Å². The molecular weight excluding hydrogens is 360 g/mol. The van der Waals surface area contributed by atoms with Crippen LogP contribution in [0.4, 0.5) is 0 Å². The van der Waals surface area contributed by atoms with Crippen molar-refractivity contribution >= 4 is 11.4 Å². The molecule has 8 heteroatoms. The Bertz CT molecular complexity index is 1020. The van der Waals surface area contributed by atoms with E-state index in [-0.39, 0.29) is 17.9 Å². The number of aromatic nitrogens is 3. The standard InChI is InChI=1S/C20H22N4O4/c1-12(14-9-19(25)21-10-14)28-20-16-6-7-22-24(16)11-15(23-20)13-4-5-17(26-2)18(8-13)27-3/h4-8,11-12,14H,9-10H2,1-3H3,(H,21,25)/t12-,14?/m1/s1. The summed E-state index contributed by atoms with van der Waals surface area (Å²) < 4.78 is 18.6. The maximum atomic E-state index is 11.5. The Labute approximate surface area is 162 Å². The highest BCUT2D eigenvalue weighted by Gasteiger charge is 2.28. The number of nitrogens with zero attached hydrogens (tertiary/aromatic N) is 3. The third kappa shape index (κ3) is 3.33. The monoisotopic (exact) mass is 382 g/mol. The number of fused-ring (bicyclic) bond motifs is 1. The van der Waals surface area contributed by atoms with Crippen molar-refractivity contribution in [3.8, 4) is 28.6 Å². The summed E-state index contributed by atoms with van der Waals surface area (Å²) in [4.78, 5) is 16.2. The number of nitrogens with one attached hydrogen (secondary N) is 1. The summed E-state index contributed by atoms with van der Waals surface area (Å²) in [5.41, 5.74) is 2.32. The first-order chi connectivity index (χ1) is 13.6. The maximum Gasteiger partial charge on any atom is 0.240 e. The lowest BCUT2D eigenvalue weighted by Crippen LogP contribution is -2.26. The van der Waals surface area contributed by atoms with Crippen molar-refractivity contribution in [2.24, 2.45) is 5.92 Å². The van der Waals surface area contributed by atoms with Crippen LogP contribution in [-0.2, 0) is 4.79 Å². The van der Waals surface area contributed by atoms with Crippen molar-refractivity contribution in [2.75, 3.05) is 20.8 Å². The van der Waals surface area contributed by atoms with Gasteiger partial charge in [0.25, 0.3) is 0 Å². The molecule has 1 aliphatic heterocycles. The molecule has 8 nitrogen and oxygen atoms in total. The molecule has 1 aromatic carbocycles. The average Bonchev–Trinajstić information content (AvgIpc) is 3.36. The lowest BCUT2D eigenvalue weighted by Gasteiger charge is -2.20. The smallest absolute Gasteiger partial charge is 0.240 e. The molecule has 1 aliphatic rings. The molecule has 146 valence electrons. The summed E-state index contributed by atoms with van der Waals surface area (Å²) in [6.07, 6.45) is 3.85. The normalized spacial score (nSPS) is 17.4. The first-order valence-corrected chi connectivity index (χ1v) is 9.09. The number of amides is 1. The van der Waals surface area contributed by atoms with Gasteiger partial charge in [0.15, 0.2) is 11.5 Å². The maximum absolute atomic E-state index is 11.5. The molecule has 3 heterocycles. The number of hydrogen-bond donors (Lipinski definition) is 1. The zero-order chi connectivity index (χ0) is 19.7. The van der Waals surface area contributed by atoms with Crippen molar-refractivity contribution < 1.29 is 19.0 Å². The lowest BCUT2D eigenvalue weighted by molar-refractivity contribution is -0.119. The van der Waals surface area contributed by atoms with Gasteiger partial charge in [-0.2, -0.15) is 5.10 Å². The number of ether oxygens (including phenoxy) is 3. The molecule has 1 amide bonds. The summed E-state index contributed by atoms with van der Waals surface area (Å²) in [6.45, 7) is 2.58. The molecule has 4 rings (SSSR count). The SMILES string of the molecule is COc1ccc(-c2cn3nccc3c(O[C@H](C)C3CNC(=O)C3)n2)cc1OC. The van der Waals surface area contributed by atoms with E-state index in [0.717, 1.165) is 11.1 Å². The van der Waals surface area contributed by atoms with E-state index in [9.17, 15) is 4.79 Å². The molecule has 3 aromatic rings. The zero-order valence-corrected chi connectivity index (χ0v) is 16.0. The third-order valence-electron chi connectivity index (χ3n) is 5.01. The van der Waals surface area contributed by atoms with Crippen molar-refractivity contribution in [1.82, 2.24) is 19.9 Å². The second kappa shape index (κ2) is 7.38. The summed E-state index contributed by atoms with van der Waals surface area (Å²) >= 11 is 0. The van der Waals surface area contributed by atoms with Crippen LogP contribution < -0.4 is 19.5 Å². The summed E-state index contributed by atoms with van der Waals surface area (Å²) in [5, 5.41) is 7.18. The Morgan fingerprint density at radius 1 is 1.21 bits per heavy atom. The molecule has 1 fully saturated rings. The predicted octanol–water partition coefficient (Wildman–Crippen LogP) is 2.32. The van der Waals surface area contributed by atoms with Crippen LogP contribution >= 0.6 is 0 Å². The fraction of sp³-hybridized carbons (Fsp3) is 0.350. The second-order valence-electron chi connectivity index (χ2n) is 6.75. The molecule has 1 N–H and O–H groups in total. The first-order valence-electron chi connectivity index (χ1n) is 9.09. The molecule has 1 saturated heterocycles. The van der Waals surface area contributed by atoms with Gasteiger partial charge in [-0.15, -0.1) is 0 Å². The highest BCUT2D eigenvalue weighted by Crippen LogP contribution is 2.33. The predicted molar refractivity (Wildman–Crippen MR) is 103 cm³/mol. The topological polar surface area (TPSA) is 87.0 Å². The molecule has 0 aliphatic carbocycles. The second-order valence-corrected chi connectivity index (χ2v) is 6.75. The minimum Gasteiger partial charge on any atom is -0.493 e. The number of hydrogen-bond acceptors (Lipinski definition) is 6. The molecule has 2 aromatic heterocycles. The largest absolute Gasteiger partial charge is 0.493 e. The van der Waals surface area contributed by atoms with E-state index >= 15 is 0 Å². The quantitative estimate of drug-likeness (QED) is 0.704. The van der Waals surface area contributed by atoms with Crippen LogP contribution in [0.2, 0.25) is 0 Å². The van der Waals surface area contributed by atoms with Gasteiger partial charge in [0.2, 0.25) is 11.8 Å². The van der Waals surface area contributed by atoms with Crippen molar-refractivity contribution in [2.45, 2.75) is 19.4 Å². The van der Waals surface area contributed by atoms with E-state index in [0.29, 0.717) is 36.0 Å². The van der Waals surface area contributed by atoms with E-state index in [1.807, 2.05) is 37.4 Å². The molecule has 0 bridgehead atoms. The highest BCUT2D eigenvalue weighted by molar-refractivity contribution is 5.78. The van der Waals surface area contributed by atoms with E-state index in [2.05, 4.69) is 10.4 Å². The van der Waals surface area contributed by atoms with Crippen LogP contribution in [0.25, 0.3) is 16.8 Å². The van der Waals surface area contributed by atoms with E-state index in [4.69, 9.17) is 19.2 Å². The van der Waals surface area contributed by atoms with Gasteiger partial charge in [-0.05, 0) is 31.2 Å². The number of rotatable bonds is 6. The van der Waals surface area contributed by atoms with Crippen LogP contribution in [0.3, 0.4) is 0 Å². The van der Waals surface area contributed by atoms with Gasteiger partial charge in [0, 0.05) is 24.4 Å². The van der Waals surface area contributed by atoms with Gasteiger partial charge in [-0.3, -0.25) is 4.79 Å². The highest BCUT2D eigenvalue weighted by atomic mass is 16.5. The molecule has 0 radical (unpaired) electrons. The Kier molecular flexibility index (Phi) is 4.77. The molecular formula is C20H22N4O4. The fourth-order valence-electron chi connectivity index (χ4n) is 3.35. The zero-order valence-electron chi connectivity index (χ0n) is 16.0. The average molecular weight is 382 g/mol. The van der Waals surface area contributed by atoms with Gasteiger partial charge in [-0.25, -0.2) is 9.50 Å². The van der Waals surface area contributed by atoms with Crippen LogP contribution in [-0.4, -0.2) is 47.4 Å². The minimum absolute atomic E-state index is 0.0574. The van der Waals surface area contributed by atoms with Gasteiger partial charge < -0.3 is 19.5 Å². The Balaban J connectivity index is 1.70. The Morgan fingerprint density at radius 2 is 2.04 bits per heavy atom. The van der Waals surface area contributed by atoms with Crippen molar-refractivity contribution in [1.29, 1.82) is 0 Å². The van der Waals surface area contributed by atoms with Crippen molar-refractivity contribution in [3.63, 3.8) is 0 Å². The molecule has 0 spiro atoms. The van der Waals surface area contributed by atoms with Gasteiger partial charge in [0.05, 0.1) is 32.3 Å². The number of carbonyl (C=O) groups is 1. The third-order valence-corrected chi connectivity index (χ3v) is 5.01. The number of methoxy groups -OCH3 is 2. The van der Waals surface area contributed by atoms with Gasteiger partial charge in [0.1, 0.15) is 11.6 Å². The molecule has 1 unspecified atom stereocenters. The lowest BCUT2D eigenvalue weighted by atomic mass is 10.0. The molecule has 2 atom stereocenters. The van der Waals surface area contributed by atoms with Crippen LogP contribution in [0, 0.1) is 5.92 Å². The van der Waals surface area contributed by atoms with Crippen molar-refractivity contribution in [3.05, 3.63) is 36.7 Å². The van der Waals surface area contributed by atoms with E-state index in [1.54, 1.807) is 24.9 Å². The van der Waals surface area contributed by atoms with Crippen LogP contribution in [0.5, 0.6) is 17.4 Å². The molecule has 28 heavy (non-hydrogen) atoms. The van der Waals surface area contributed by atoms with Gasteiger partial charge in [-0.1, -0.05) is 0 Å². The summed E-state index contributed by atoms with van der Waals surface area (Å²) in [5.74, 6) is 1.92. The summed E-state index contributed by atoms with van der Waals surface area (Å²) in [6, 6.07) is 7.46. The number of benzene rings is 1. The van der Waals surface area contributed by atoms with E-state index in [1.165, 1.54) is 0 Å². The first kappa shape index (κ1) is 18.1. The molecule has 0 saturated carbocycles. The number of carbonyl (C=O) groups excluding carboxylic acids is 1. The Morgan fingerprint density at radius 3 is 2.75 bits per heavy atom. The minimum atomic E-state index is -0.161.